The molecule has 1 aliphatic rings. The van der Waals surface area contributed by atoms with Gasteiger partial charge >= 0.3 is 12.0 Å². The maximum atomic E-state index is 11.8. The molecule has 0 aromatic carbocycles. The average molecular weight is 316 g/mol. The fraction of sp³-hybridized carbons (Fsp3) is 0.786. The number of aliphatic carboxylic acids is 1. The monoisotopic (exact) mass is 316 g/mol. The Morgan fingerprint density at radius 2 is 1.90 bits per heavy atom. The lowest BCUT2D eigenvalue weighted by Crippen LogP contribution is -2.47. The van der Waals surface area contributed by atoms with Crippen molar-refractivity contribution in [3.8, 4) is 0 Å². The predicted molar refractivity (Wildman–Crippen MR) is 82.3 cm³/mol. The molecule has 120 valence electrons. The number of imide groups is 1. The number of nitrogens with one attached hydrogen (secondary N) is 2. The minimum absolute atomic E-state index is 0.00332. The highest BCUT2D eigenvalue weighted by Gasteiger charge is 2.29. The molecular formula is C14H24N2O4S. The zero-order valence-electron chi connectivity index (χ0n) is 12.8. The molecule has 1 aliphatic carbocycles. The smallest absolute Gasteiger partial charge is 0.321 e. The molecule has 0 aliphatic heterocycles. The minimum atomic E-state index is -0.953. The molecule has 0 radical (unpaired) electrons. The van der Waals surface area contributed by atoms with Crippen LogP contribution < -0.4 is 10.6 Å². The standard InChI is InChI=1S/C14H24N2O4S/c1-14(2,8-12(18)19)7-11(17)16-13(20)15-9-5-4-6-10(9)21-3/h9-10H,4-8H2,1-3H3,(H,18,19)(H2,15,16,17,20). The number of carbonyl (C=O) groups excluding carboxylic acids is 2. The molecule has 0 bridgehead atoms. The van der Waals surface area contributed by atoms with Gasteiger partial charge in [-0.25, -0.2) is 4.79 Å². The van der Waals surface area contributed by atoms with Crippen molar-refractivity contribution >= 4 is 29.7 Å². The van der Waals surface area contributed by atoms with Crippen molar-refractivity contribution in [2.75, 3.05) is 6.26 Å². The Hall–Kier alpha value is -1.24. The zero-order chi connectivity index (χ0) is 16.0. The van der Waals surface area contributed by atoms with Crippen molar-refractivity contribution in [3.63, 3.8) is 0 Å². The van der Waals surface area contributed by atoms with Crippen molar-refractivity contribution in [1.29, 1.82) is 0 Å². The SMILES string of the molecule is CSC1CCCC1NC(=O)NC(=O)CC(C)(C)CC(=O)O. The second-order valence-corrected chi connectivity index (χ2v) is 7.32. The summed E-state index contributed by atoms with van der Waals surface area (Å²) in [5.41, 5.74) is -0.675. The fourth-order valence-electron chi connectivity index (χ4n) is 2.66. The van der Waals surface area contributed by atoms with Crippen LogP contribution in [-0.4, -0.2) is 40.6 Å². The van der Waals surface area contributed by atoms with E-state index in [0.717, 1.165) is 19.3 Å². The maximum absolute atomic E-state index is 11.8. The number of amides is 3. The van der Waals surface area contributed by atoms with Crippen LogP contribution in [0.1, 0.15) is 46.0 Å². The van der Waals surface area contributed by atoms with Crippen LogP contribution in [-0.2, 0) is 9.59 Å². The highest BCUT2D eigenvalue weighted by Crippen LogP contribution is 2.28. The molecule has 0 aromatic heterocycles. The Balaban J connectivity index is 2.40. The van der Waals surface area contributed by atoms with Crippen molar-refractivity contribution < 1.29 is 19.5 Å². The number of urea groups is 1. The summed E-state index contributed by atoms with van der Waals surface area (Å²) in [6.07, 6.45) is 4.99. The second kappa shape index (κ2) is 7.68. The summed E-state index contributed by atoms with van der Waals surface area (Å²) in [7, 11) is 0. The van der Waals surface area contributed by atoms with Gasteiger partial charge in [-0.1, -0.05) is 20.3 Å². The average Bonchev–Trinajstić information content (AvgIpc) is 2.72. The Morgan fingerprint density at radius 3 is 2.48 bits per heavy atom. The molecule has 0 saturated heterocycles. The van der Waals surface area contributed by atoms with Gasteiger partial charge in [0, 0.05) is 17.7 Å². The molecule has 3 amide bonds. The molecule has 1 rings (SSSR count). The molecule has 21 heavy (non-hydrogen) atoms. The molecule has 7 heteroatoms. The van der Waals surface area contributed by atoms with E-state index in [-0.39, 0.29) is 18.9 Å². The lowest BCUT2D eigenvalue weighted by atomic mass is 9.85. The summed E-state index contributed by atoms with van der Waals surface area (Å²) >= 11 is 1.73. The highest BCUT2D eigenvalue weighted by molar-refractivity contribution is 7.99. The summed E-state index contributed by atoms with van der Waals surface area (Å²) in [5, 5.41) is 14.3. The highest BCUT2D eigenvalue weighted by atomic mass is 32.2. The number of rotatable bonds is 6. The minimum Gasteiger partial charge on any atom is -0.481 e. The van der Waals surface area contributed by atoms with E-state index in [4.69, 9.17) is 5.11 Å². The summed E-state index contributed by atoms with van der Waals surface area (Å²) in [5.74, 6) is -1.40. The first kappa shape index (κ1) is 17.8. The van der Waals surface area contributed by atoms with Crippen LogP contribution in [0.15, 0.2) is 0 Å². The predicted octanol–water partition coefficient (Wildman–Crippen LogP) is 1.99. The molecule has 6 nitrogen and oxygen atoms in total. The number of carboxylic acid groups (broad SMARTS) is 1. The van der Waals surface area contributed by atoms with Gasteiger partial charge in [-0.2, -0.15) is 11.8 Å². The molecule has 1 saturated carbocycles. The van der Waals surface area contributed by atoms with E-state index < -0.39 is 23.3 Å². The van der Waals surface area contributed by atoms with Crippen LogP contribution in [0.2, 0.25) is 0 Å². The first-order valence-corrected chi connectivity index (χ1v) is 8.37. The molecule has 1 fully saturated rings. The van der Waals surface area contributed by atoms with E-state index in [1.807, 2.05) is 6.26 Å². The van der Waals surface area contributed by atoms with E-state index in [0.29, 0.717) is 5.25 Å². The Kier molecular flexibility index (Phi) is 6.51. The number of carbonyl (C=O) groups is 3. The Morgan fingerprint density at radius 1 is 1.24 bits per heavy atom. The molecular weight excluding hydrogens is 292 g/mol. The largest absolute Gasteiger partial charge is 0.481 e. The summed E-state index contributed by atoms with van der Waals surface area (Å²) in [6, 6.07) is -0.392. The normalized spacial score (nSPS) is 21.9. The number of hydrogen-bond acceptors (Lipinski definition) is 4. The van der Waals surface area contributed by atoms with Gasteiger partial charge in [0.05, 0.1) is 6.42 Å². The lowest BCUT2D eigenvalue weighted by molar-refractivity contribution is -0.139. The third kappa shape index (κ3) is 6.37. The van der Waals surface area contributed by atoms with Gasteiger partial charge < -0.3 is 10.4 Å². The van der Waals surface area contributed by atoms with Crippen LogP contribution in [0.4, 0.5) is 4.79 Å². The van der Waals surface area contributed by atoms with Gasteiger partial charge in [0.2, 0.25) is 5.91 Å². The topological polar surface area (TPSA) is 95.5 Å². The zero-order valence-corrected chi connectivity index (χ0v) is 13.6. The van der Waals surface area contributed by atoms with E-state index in [1.165, 1.54) is 0 Å². The maximum Gasteiger partial charge on any atom is 0.321 e. The third-order valence-electron chi connectivity index (χ3n) is 3.59. The van der Waals surface area contributed by atoms with E-state index >= 15 is 0 Å². The van der Waals surface area contributed by atoms with Gasteiger partial charge in [-0.05, 0) is 24.5 Å². The van der Waals surface area contributed by atoms with Gasteiger partial charge in [0.1, 0.15) is 0 Å². The summed E-state index contributed by atoms with van der Waals surface area (Å²) in [6.45, 7) is 3.39. The van der Waals surface area contributed by atoms with Crippen molar-refractivity contribution in [2.24, 2.45) is 5.41 Å². The third-order valence-corrected chi connectivity index (χ3v) is 4.76. The van der Waals surface area contributed by atoms with Crippen LogP contribution in [0, 0.1) is 5.41 Å². The van der Waals surface area contributed by atoms with Crippen molar-refractivity contribution in [3.05, 3.63) is 0 Å². The Labute approximate surface area is 129 Å². The van der Waals surface area contributed by atoms with Gasteiger partial charge in [-0.3, -0.25) is 14.9 Å². The van der Waals surface area contributed by atoms with Gasteiger partial charge in [0.15, 0.2) is 0 Å². The fourth-order valence-corrected chi connectivity index (χ4v) is 3.59. The van der Waals surface area contributed by atoms with E-state index in [2.05, 4.69) is 10.6 Å². The van der Waals surface area contributed by atoms with Gasteiger partial charge in [-0.15, -0.1) is 0 Å². The molecule has 2 unspecified atom stereocenters. The molecule has 2 atom stereocenters. The van der Waals surface area contributed by atoms with E-state index in [1.54, 1.807) is 25.6 Å². The summed E-state index contributed by atoms with van der Waals surface area (Å²) < 4.78 is 0. The molecule has 0 heterocycles. The first-order chi connectivity index (χ1) is 9.73. The number of carboxylic acids is 1. The molecule has 0 aromatic rings. The second-order valence-electron chi connectivity index (χ2n) is 6.24. The van der Waals surface area contributed by atoms with Crippen LogP contribution in [0.5, 0.6) is 0 Å². The van der Waals surface area contributed by atoms with E-state index in [9.17, 15) is 14.4 Å². The summed E-state index contributed by atoms with van der Waals surface area (Å²) in [4.78, 5) is 34.3. The first-order valence-electron chi connectivity index (χ1n) is 7.08. The van der Waals surface area contributed by atoms with Gasteiger partial charge in [0.25, 0.3) is 0 Å². The van der Waals surface area contributed by atoms with Crippen LogP contribution in [0.25, 0.3) is 0 Å². The lowest BCUT2D eigenvalue weighted by Gasteiger charge is -2.22. The molecule has 3 N–H and O–H groups in total. The number of hydrogen-bond donors (Lipinski definition) is 3. The molecule has 0 spiro atoms. The Bertz CT molecular complexity index is 412. The van der Waals surface area contributed by atoms with Crippen molar-refractivity contribution in [1.82, 2.24) is 10.6 Å². The van der Waals surface area contributed by atoms with Crippen molar-refractivity contribution in [2.45, 2.75) is 57.2 Å². The quantitative estimate of drug-likeness (QED) is 0.696. The number of thioether (sulfide) groups is 1. The van der Waals surface area contributed by atoms with Crippen LogP contribution in [0.3, 0.4) is 0 Å². The van der Waals surface area contributed by atoms with Crippen LogP contribution >= 0.6 is 11.8 Å².